The molecule has 1 aromatic heterocycles. The molecule has 5 nitrogen and oxygen atoms in total. The van der Waals surface area contributed by atoms with E-state index in [9.17, 15) is 12.8 Å². The van der Waals surface area contributed by atoms with Crippen molar-refractivity contribution in [1.82, 2.24) is 4.98 Å². The van der Waals surface area contributed by atoms with Crippen molar-refractivity contribution >= 4 is 21.4 Å². The molecule has 0 spiro atoms. The zero-order valence-electron chi connectivity index (χ0n) is 10.1. The molecule has 0 aliphatic heterocycles. The summed E-state index contributed by atoms with van der Waals surface area (Å²) in [5.74, 6) is -0.706. The predicted octanol–water partition coefficient (Wildman–Crippen LogP) is 1.91. The van der Waals surface area contributed by atoms with Crippen molar-refractivity contribution in [1.29, 1.82) is 0 Å². The van der Waals surface area contributed by atoms with Gasteiger partial charge in [0, 0.05) is 11.9 Å². The molecule has 0 saturated heterocycles. The van der Waals surface area contributed by atoms with E-state index in [0.717, 1.165) is 17.7 Å². The third-order valence-corrected chi connectivity index (χ3v) is 3.69. The van der Waals surface area contributed by atoms with E-state index in [-0.39, 0.29) is 10.6 Å². The van der Waals surface area contributed by atoms with Gasteiger partial charge in [-0.15, -0.1) is 0 Å². The van der Waals surface area contributed by atoms with Gasteiger partial charge in [-0.3, -0.25) is 9.71 Å². The quantitative estimate of drug-likeness (QED) is 0.842. The standard InChI is InChI=1S/C12H12FN3O2S/c1-8-2-11(7-15-6-8)16-19(17,18)12-4-9(13)3-10(14)5-12/h2-7,16H,14H2,1H3. The van der Waals surface area contributed by atoms with Crippen molar-refractivity contribution in [3.8, 4) is 0 Å². The molecule has 19 heavy (non-hydrogen) atoms. The number of nitrogens with zero attached hydrogens (tertiary/aromatic N) is 1. The summed E-state index contributed by atoms with van der Waals surface area (Å²) in [6, 6.07) is 4.76. The van der Waals surface area contributed by atoms with Gasteiger partial charge in [-0.05, 0) is 36.8 Å². The highest BCUT2D eigenvalue weighted by Crippen LogP contribution is 2.19. The van der Waals surface area contributed by atoms with Crippen LogP contribution in [0.2, 0.25) is 0 Å². The minimum atomic E-state index is -3.89. The number of hydrogen-bond donors (Lipinski definition) is 2. The molecular weight excluding hydrogens is 269 g/mol. The van der Waals surface area contributed by atoms with Gasteiger partial charge in [-0.2, -0.15) is 0 Å². The second kappa shape index (κ2) is 4.85. The Kier molecular flexibility index (Phi) is 3.39. The first-order valence-corrected chi connectivity index (χ1v) is 6.86. The summed E-state index contributed by atoms with van der Waals surface area (Å²) in [4.78, 5) is 3.64. The van der Waals surface area contributed by atoms with Crippen LogP contribution < -0.4 is 10.5 Å². The third kappa shape index (κ3) is 3.19. The van der Waals surface area contributed by atoms with Gasteiger partial charge in [-0.25, -0.2) is 12.8 Å². The maximum Gasteiger partial charge on any atom is 0.262 e. The van der Waals surface area contributed by atoms with Crippen LogP contribution in [-0.4, -0.2) is 13.4 Å². The molecule has 0 saturated carbocycles. The number of nitrogen functional groups attached to an aromatic ring is 1. The normalized spacial score (nSPS) is 11.3. The maximum absolute atomic E-state index is 13.2. The molecule has 0 radical (unpaired) electrons. The molecule has 0 amide bonds. The molecule has 0 aliphatic carbocycles. The summed E-state index contributed by atoms with van der Waals surface area (Å²) < 4.78 is 39.6. The van der Waals surface area contributed by atoms with Gasteiger partial charge in [-0.1, -0.05) is 0 Å². The van der Waals surface area contributed by atoms with Crippen LogP contribution in [0.15, 0.2) is 41.6 Å². The maximum atomic E-state index is 13.2. The van der Waals surface area contributed by atoms with Crippen molar-refractivity contribution < 1.29 is 12.8 Å². The molecule has 2 aromatic rings. The lowest BCUT2D eigenvalue weighted by Gasteiger charge is -2.09. The van der Waals surface area contributed by atoms with E-state index in [1.807, 2.05) is 0 Å². The van der Waals surface area contributed by atoms with E-state index in [4.69, 9.17) is 5.73 Å². The number of pyridine rings is 1. The second-order valence-corrected chi connectivity index (χ2v) is 5.76. The topological polar surface area (TPSA) is 85.1 Å². The number of nitrogens with two attached hydrogens (primary N) is 1. The Morgan fingerprint density at radius 2 is 1.95 bits per heavy atom. The Morgan fingerprint density at radius 1 is 1.21 bits per heavy atom. The van der Waals surface area contributed by atoms with E-state index in [0.29, 0.717) is 5.69 Å². The molecular formula is C12H12FN3O2S. The van der Waals surface area contributed by atoms with Crippen LogP contribution in [0.5, 0.6) is 0 Å². The number of aryl methyl sites for hydroxylation is 1. The average Bonchev–Trinajstić information content (AvgIpc) is 2.26. The lowest BCUT2D eigenvalue weighted by molar-refractivity contribution is 0.595. The molecule has 2 rings (SSSR count). The monoisotopic (exact) mass is 281 g/mol. The van der Waals surface area contributed by atoms with Gasteiger partial charge in [0.2, 0.25) is 0 Å². The Morgan fingerprint density at radius 3 is 2.58 bits per heavy atom. The first-order chi connectivity index (χ1) is 8.87. The summed E-state index contributed by atoms with van der Waals surface area (Å²) in [5.41, 5.74) is 6.59. The van der Waals surface area contributed by atoms with Gasteiger partial charge in [0.1, 0.15) is 5.82 Å². The summed E-state index contributed by atoms with van der Waals surface area (Å²) in [6.07, 6.45) is 2.96. The van der Waals surface area contributed by atoms with Crippen LogP contribution in [0.4, 0.5) is 15.8 Å². The van der Waals surface area contributed by atoms with Gasteiger partial charge in [0.15, 0.2) is 0 Å². The molecule has 0 unspecified atom stereocenters. The summed E-state index contributed by atoms with van der Waals surface area (Å²) in [7, 11) is -3.89. The van der Waals surface area contributed by atoms with Gasteiger partial charge in [0.05, 0.1) is 16.8 Å². The minimum absolute atomic E-state index is 0.0442. The molecule has 3 N–H and O–H groups in total. The highest BCUT2D eigenvalue weighted by Gasteiger charge is 2.16. The Bertz CT molecular complexity index is 696. The Hall–Kier alpha value is -2.15. The number of halogens is 1. The third-order valence-electron chi connectivity index (χ3n) is 2.33. The predicted molar refractivity (Wildman–Crippen MR) is 70.6 cm³/mol. The van der Waals surface area contributed by atoms with Crippen LogP contribution in [0, 0.1) is 12.7 Å². The zero-order chi connectivity index (χ0) is 14.0. The first-order valence-electron chi connectivity index (χ1n) is 5.37. The van der Waals surface area contributed by atoms with E-state index >= 15 is 0 Å². The van der Waals surface area contributed by atoms with Crippen LogP contribution in [0.25, 0.3) is 0 Å². The molecule has 0 aliphatic rings. The molecule has 0 atom stereocenters. The van der Waals surface area contributed by atoms with E-state index < -0.39 is 15.8 Å². The van der Waals surface area contributed by atoms with Crippen molar-refractivity contribution in [2.24, 2.45) is 0 Å². The number of hydrogen-bond acceptors (Lipinski definition) is 4. The fourth-order valence-corrected chi connectivity index (χ4v) is 2.66. The number of nitrogens with one attached hydrogen (secondary N) is 1. The summed E-state index contributed by atoms with van der Waals surface area (Å²) in [5, 5.41) is 0. The van der Waals surface area contributed by atoms with Crippen molar-refractivity contribution in [2.45, 2.75) is 11.8 Å². The molecule has 0 fully saturated rings. The summed E-state index contributed by atoms with van der Waals surface area (Å²) in [6.45, 7) is 1.78. The molecule has 1 aromatic carbocycles. The highest BCUT2D eigenvalue weighted by atomic mass is 32.2. The van der Waals surface area contributed by atoms with Crippen molar-refractivity contribution in [3.63, 3.8) is 0 Å². The van der Waals surface area contributed by atoms with E-state index in [1.165, 1.54) is 12.3 Å². The zero-order valence-corrected chi connectivity index (χ0v) is 10.9. The fraction of sp³-hybridized carbons (Fsp3) is 0.0833. The largest absolute Gasteiger partial charge is 0.399 e. The molecule has 1 heterocycles. The smallest absolute Gasteiger partial charge is 0.262 e. The average molecular weight is 281 g/mol. The van der Waals surface area contributed by atoms with E-state index in [2.05, 4.69) is 9.71 Å². The lowest BCUT2D eigenvalue weighted by Crippen LogP contribution is -2.13. The Balaban J connectivity index is 2.37. The lowest BCUT2D eigenvalue weighted by atomic mass is 10.3. The minimum Gasteiger partial charge on any atom is -0.399 e. The van der Waals surface area contributed by atoms with Crippen LogP contribution >= 0.6 is 0 Å². The molecule has 100 valence electrons. The Labute approximate surface area is 110 Å². The second-order valence-electron chi connectivity index (χ2n) is 4.08. The van der Waals surface area contributed by atoms with Crippen molar-refractivity contribution in [3.05, 3.63) is 48.0 Å². The number of benzene rings is 1. The molecule has 7 heteroatoms. The first kappa shape index (κ1) is 13.3. The van der Waals surface area contributed by atoms with Gasteiger partial charge in [0.25, 0.3) is 10.0 Å². The number of rotatable bonds is 3. The van der Waals surface area contributed by atoms with Gasteiger partial charge < -0.3 is 5.73 Å². The fourth-order valence-electron chi connectivity index (χ4n) is 1.56. The van der Waals surface area contributed by atoms with Crippen LogP contribution in [-0.2, 0) is 10.0 Å². The number of anilines is 2. The molecule has 0 bridgehead atoms. The van der Waals surface area contributed by atoms with Crippen molar-refractivity contribution in [2.75, 3.05) is 10.5 Å². The number of sulfonamides is 1. The van der Waals surface area contributed by atoms with E-state index in [1.54, 1.807) is 19.2 Å². The van der Waals surface area contributed by atoms with Crippen LogP contribution in [0.1, 0.15) is 5.56 Å². The SMILES string of the molecule is Cc1cncc(NS(=O)(=O)c2cc(N)cc(F)c2)c1. The summed E-state index contributed by atoms with van der Waals surface area (Å²) >= 11 is 0. The van der Waals surface area contributed by atoms with Crippen LogP contribution in [0.3, 0.4) is 0 Å². The van der Waals surface area contributed by atoms with Gasteiger partial charge >= 0.3 is 0 Å². The highest BCUT2D eigenvalue weighted by molar-refractivity contribution is 7.92. The number of aromatic nitrogens is 1.